The second kappa shape index (κ2) is 9.62. The van der Waals surface area contributed by atoms with Crippen LogP contribution in [0.5, 0.6) is 23.0 Å². The van der Waals surface area contributed by atoms with Crippen molar-refractivity contribution >= 4 is 0 Å². The van der Waals surface area contributed by atoms with Crippen LogP contribution in [0.15, 0.2) is 97.1 Å². The summed E-state index contributed by atoms with van der Waals surface area (Å²) < 4.78 is 0. The van der Waals surface area contributed by atoms with E-state index in [1.165, 1.54) is 0 Å². The normalized spacial score (nSPS) is 17.1. The Labute approximate surface area is 212 Å². The van der Waals surface area contributed by atoms with Crippen LogP contribution in [0.4, 0.5) is 0 Å². The predicted molar refractivity (Wildman–Crippen MR) is 142 cm³/mol. The molecule has 1 fully saturated rings. The average Bonchev–Trinajstić information content (AvgIpc) is 2.87. The highest BCUT2D eigenvalue weighted by Crippen LogP contribution is 2.54. The molecular formula is C32H32O4. The topological polar surface area (TPSA) is 80.9 Å². The second-order valence-electron chi connectivity index (χ2n) is 9.94. The first-order valence-corrected chi connectivity index (χ1v) is 12.6. The van der Waals surface area contributed by atoms with Crippen molar-refractivity contribution in [1.82, 2.24) is 0 Å². The number of hydrogen-bond donors (Lipinski definition) is 4. The molecule has 0 spiro atoms. The number of para-hydroxylation sites is 4. The summed E-state index contributed by atoms with van der Waals surface area (Å²) in [5.41, 5.74) is 2.18. The van der Waals surface area contributed by atoms with Crippen LogP contribution in [-0.4, -0.2) is 20.4 Å². The van der Waals surface area contributed by atoms with Gasteiger partial charge in [-0.25, -0.2) is 0 Å². The van der Waals surface area contributed by atoms with Crippen LogP contribution in [0.2, 0.25) is 0 Å². The van der Waals surface area contributed by atoms with Gasteiger partial charge in [0.25, 0.3) is 0 Å². The Kier molecular flexibility index (Phi) is 6.36. The molecular weight excluding hydrogens is 448 g/mol. The Bertz CT molecular complexity index is 1150. The molecule has 0 bridgehead atoms. The molecule has 0 radical (unpaired) electrons. The molecule has 1 aliphatic carbocycles. The number of phenolic OH excluding ortho intramolecular Hbond substituents is 4. The van der Waals surface area contributed by atoms with E-state index in [1.54, 1.807) is 24.3 Å². The maximum atomic E-state index is 10.9. The summed E-state index contributed by atoms with van der Waals surface area (Å²) in [7, 11) is 0. The first-order chi connectivity index (χ1) is 17.5. The van der Waals surface area contributed by atoms with Crippen LogP contribution in [0.1, 0.15) is 60.8 Å². The molecule has 4 N–H and O–H groups in total. The lowest BCUT2D eigenvalue weighted by Crippen LogP contribution is -2.35. The van der Waals surface area contributed by atoms with Gasteiger partial charge < -0.3 is 20.4 Å². The fourth-order valence-corrected chi connectivity index (χ4v) is 6.51. The predicted octanol–water partition coefficient (Wildman–Crippen LogP) is 7.14. The van der Waals surface area contributed by atoms with Gasteiger partial charge in [0, 0.05) is 33.1 Å². The standard InChI is InChI=1S/C32H32O4/c33-27-15-5-1-11-23(27)31(24-12-2-6-16-28(24)34)19-9-21-32(22-10-20-31,25-13-3-7-17-29(25)35)26-14-4-8-18-30(26)36/h1-8,11-18,33-36H,9-10,19-22H2. The average molecular weight is 481 g/mol. The molecule has 4 nitrogen and oxygen atoms in total. The van der Waals surface area contributed by atoms with Crippen LogP contribution < -0.4 is 0 Å². The van der Waals surface area contributed by atoms with Crippen molar-refractivity contribution in [2.75, 3.05) is 0 Å². The zero-order valence-electron chi connectivity index (χ0n) is 20.3. The summed E-state index contributed by atoms with van der Waals surface area (Å²) in [6, 6.07) is 29.7. The monoisotopic (exact) mass is 480 g/mol. The summed E-state index contributed by atoms with van der Waals surface area (Å²) in [5, 5.41) is 43.7. The molecule has 0 amide bonds. The van der Waals surface area contributed by atoms with Gasteiger partial charge >= 0.3 is 0 Å². The highest BCUT2D eigenvalue weighted by Gasteiger charge is 2.44. The van der Waals surface area contributed by atoms with Gasteiger partial charge in [-0.15, -0.1) is 0 Å². The molecule has 1 aliphatic rings. The minimum Gasteiger partial charge on any atom is -0.508 e. The maximum absolute atomic E-state index is 10.9. The van der Waals surface area contributed by atoms with Crippen molar-refractivity contribution in [2.45, 2.75) is 49.4 Å². The van der Waals surface area contributed by atoms with Crippen molar-refractivity contribution in [3.05, 3.63) is 119 Å². The first-order valence-electron chi connectivity index (χ1n) is 12.6. The summed E-state index contributed by atoms with van der Waals surface area (Å²) in [5.74, 6) is 0.922. The van der Waals surface area contributed by atoms with Crippen molar-refractivity contribution < 1.29 is 20.4 Å². The van der Waals surface area contributed by atoms with Crippen LogP contribution >= 0.6 is 0 Å². The van der Waals surface area contributed by atoms with E-state index in [4.69, 9.17) is 0 Å². The molecule has 0 unspecified atom stereocenters. The van der Waals surface area contributed by atoms with E-state index >= 15 is 0 Å². The van der Waals surface area contributed by atoms with Crippen LogP contribution in [0, 0.1) is 0 Å². The van der Waals surface area contributed by atoms with E-state index in [0.29, 0.717) is 25.7 Å². The highest BCUT2D eigenvalue weighted by molar-refractivity contribution is 5.53. The zero-order chi connectivity index (χ0) is 25.2. The number of rotatable bonds is 4. The van der Waals surface area contributed by atoms with E-state index < -0.39 is 10.8 Å². The lowest BCUT2D eigenvalue weighted by atomic mass is 9.60. The van der Waals surface area contributed by atoms with E-state index in [9.17, 15) is 20.4 Å². The van der Waals surface area contributed by atoms with Gasteiger partial charge in [0.1, 0.15) is 23.0 Å². The molecule has 4 heteroatoms. The first kappa shape index (κ1) is 23.8. The number of phenols is 4. The fourth-order valence-electron chi connectivity index (χ4n) is 6.51. The van der Waals surface area contributed by atoms with Gasteiger partial charge in [-0.1, -0.05) is 85.6 Å². The molecule has 4 aromatic carbocycles. The van der Waals surface area contributed by atoms with Gasteiger partial charge in [-0.05, 0) is 49.9 Å². The Morgan fingerprint density at radius 1 is 0.361 bits per heavy atom. The Balaban J connectivity index is 1.63. The minimum atomic E-state index is -0.555. The largest absolute Gasteiger partial charge is 0.508 e. The highest BCUT2D eigenvalue weighted by atomic mass is 16.3. The summed E-state index contributed by atoms with van der Waals surface area (Å²) in [6.45, 7) is 0. The molecule has 5 rings (SSSR count). The number of benzene rings is 4. The molecule has 0 aromatic heterocycles. The third kappa shape index (κ3) is 3.97. The Morgan fingerprint density at radius 3 is 0.806 bits per heavy atom. The Morgan fingerprint density at radius 2 is 0.583 bits per heavy atom. The van der Waals surface area contributed by atoms with E-state index in [1.807, 2.05) is 72.8 Å². The summed E-state index contributed by atoms with van der Waals surface area (Å²) in [4.78, 5) is 0. The van der Waals surface area contributed by atoms with Gasteiger partial charge in [0.2, 0.25) is 0 Å². The van der Waals surface area contributed by atoms with E-state index in [0.717, 1.165) is 35.1 Å². The van der Waals surface area contributed by atoms with Crippen LogP contribution in [0.3, 0.4) is 0 Å². The molecule has 1 saturated carbocycles. The van der Waals surface area contributed by atoms with Crippen molar-refractivity contribution in [2.24, 2.45) is 0 Å². The fraction of sp³-hybridized carbons (Fsp3) is 0.250. The number of aromatic hydroxyl groups is 4. The second-order valence-corrected chi connectivity index (χ2v) is 9.94. The lowest BCUT2D eigenvalue weighted by molar-refractivity contribution is 0.281. The quantitative estimate of drug-likeness (QED) is 0.250. The Hall–Kier alpha value is -3.92. The third-order valence-corrected chi connectivity index (χ3v) is 8.09. The van der Waals surface area contributed by atoms with Crippen molar-refractivity contribution in [3.8, 4) is 23.0 Å². The maximum Gasteiger partial charge on any atom is 0.119 e. The lowest BCUT2D eigenvalue weighted by Gasteiger charge is -2.43. The SMILES string of the molecule is Oc1ccccc1C1(c2ccccc2O)CCCC(c2ccccc2O)(c2ccccc2O)CCC1. The van der Waals surface area contributed by atoms with Gasteiger partial charge in [-0.2, -0.15) is 0 Å². The molecule has 0 atom stereocenters. The zero-order valence-corrected chi connectivity index (χ0v) is 20.3. The summed E-state index contributed by atoms with van der Waals surface area (Å²) in [6.07, 6.45) is 4.31. The molecule has 0 heterocycles. The smallest absolute Gasteiger partial charge is 0.119 e. The van der Waals surface area contributed by atoms with Crippen molar-refractivity contribution in [3.63, 3.8) is 0 Å². The minimum absolute atomic E-state index is 0.231. The number of hydrogen-bond acceptors (Lipinski definition) is 4. The summed E-state index contributed by atoms with van der Waals surface area (Å²) >= 11 is 0. The molecule has 0 saturated heterocycles. The van der Waals surface area contributed by atoms with Crippen LogP contribution in [0.25, 0.3) is 0 Å². The third-order valence-electron chi connectivity index (χ3n) is 8.09. The molecule has 4 aromatic rings. The van der Waals surface area contributed by atoms with Crippen LogP contribution in [-0.2, 0) is 10.8 Å². The van der Waals surface area contributed by atoms with Crippen molar-refractivity contribution in [1.29, 1.82) is 0 Å². The molecule has 36 heavy (non-hydrogen) atoms. The molecule has 0 aliphatic heterocycles. The van der Waals surface area contributed by atoms with Gasteiger partial charge in [0.05, 0.1) is 0 Å². The van der Waals surface area contributed by atoms with Gasteiger partial charge in [-0.3, -0.25) is 0 Å². The van der Waals surface area contributed by atoms with E-state index in [2.05, 4.69) is 0 Å². The van der Waals surface area contributed by atoms with E-state index in [-0.39, 0.29) is 23.0 Å². The van der Waals surface area contributed by atoms with Gasteiger partial charge in [0.15, 0.2) is 0 Å². The molecule has 184 valence electrons.